The normalized spacial score (nSPS) is 16.3. The molecular formula is C11H17BrN4. The maximum absolute atomic E-state index is 4.53. The number of aromatic nitrogens is 2. The van der Waals surface area contributed by atoms with E-state index in [9.17, 15) is 0 Å². The monoisotopic (exact) mass is 284 g/mol. The molecule has 0 aliphatic carbocycles. The van der Waals surface area contributed by atoms with Crippen molar-refractivity contribution in [3.8, 4) is 0 Å². The molecule has 0 radical (unpaired) electrons. The van der Waals surface area contributed by atoms with E-state index in [0.717, 1.165) is 35.0 Å². The molecule has 0 unspecified atom stereocenters. The van der Waals surface area contributed by atoms with Crippen molar-refractivity contribution in [2.75, 3.05) is 30.4 Å². The number of aryl methyl sites for hydroxylation is 1. The van der Waals surface area contributed by atoms with Crippen LogP contribution in [0.25, 0.3) is 0 Å². The highest BCUT2D eigenvalue weighted by molar-refractivity contribution is 9.10. The van der Waals surface area contributed by atoms with E-state index in [2.05, 4.69) is 36.1 Å². The van der Waals surface area contributed by atoms with Crippen molar-refractivity contribution in [1.29, 1.82) is 0 Å². The van der Waals surface area contributed by atoms with Crippen LogP contribution in [0.5, 0.6) is 0 Å². The fourth-order valence-electron chi connectivity index (χ4n) is 1.95. The molecule has 0 saturated carbocycles. The molecule has 0 atom stereocenters. The Labute approximate surface area is 105 Å². The molecule has 5 heteroatoms. The summed E-state index contributed by atoms with van der Waals surface area (Å²) in [5.74, 6) is 1.72. The second-order valence-electron chi connectivity index (χ2n) is 4.07. The minimum Gasteiger partial charge on any atom is -0.372 e. The molecule has 1 aliphatic heterocycles. The lowest BCUT2D eigenvalue weighted by atomic mass is 10.1. The van der Waals surface area contributed by atoms with Crippen LogP contribution >= 0.6 is 15.9 Å². The average molecular weight is 285 g/mol. The minimum atomic E-state index is 0.852. The van der Waals surface area contributed by atoms with Gasteiger partial charge in [-0.3, -0.25) is 0 Å². The minimum absolute atomic E-state index is 0.852. The Kier molecular flexibility index (Phi) is 3.63. The number of hydrogen-bond donors (Lipinski definition) is 1. The summed E-state index contributed by atoms with van der Waals surface area (Å²) in [6.45, 7) is 4.15. The summed E-state index contributed by atoms with van der Waals surface area (Å²) in [5.41, 5.74) is 0.986. The Morgan fingerprint density at radius 1 is 1.19 bits per heavy atom. The van der Waals surface area contributed by atoms with Crippen molar-refractivity contribution in [3.05, 3.63) is 10.2 Å². The summed E-state index contributed by atoms with van der Waals surface area (Å²) in [4.78, 5) is 11.3. The molecule has 16 heavy (non-hydrogen) atoms. The molecule has 1 aromatic rings. The van der Waals surface area contributed by atoms with Crippen LogP contribution in [0.3, 0.4) is 0 Å². The Morgan fingerprint density at radius 2 is 1.88 bits per heavy atom. The zero-order valence-electron chi connectivity index (χ0n) is 9.76. The van der Waals surface area contributed by atoms with Crippen LogP contribution in [-0.2, 0) is 0 Å². The summed E-state index contributed by atoms with van der Waals surface area (Å²) < 4.78 is 0.954. The first-order chi connectivity index (χ1) is 7.72. The zero-order valence-corrected chi connectivity index (χ0v) is 11.3. The van der Waals surface area contributed by atoms with Gasteiger partial charge in [0.1, 0.15) is 5.82 Å². The van der Waals surface area contributed by atoms with E-state index < -0.39 is 0 Å². The smallest absolute Gasteiger partial charge is 0.227 e. The highest BCUT2D eigenvalue weighted by atomic mass is 79.9. The van der Waals surface area contributed by atoms with Gasteiger partial charge >= 0.3 is 0 Å². The average Bonchev–Trinajstić information content (AvgIpc) is 2.33. The van der Waals surface area contributed by atoms with Crippen LogP contribution in [0.15, 0.2) is 4.47 Å². The molecule has 1 aliphatic rings. The van der Waals surface area contributed by atoms with Crippen molar-refractivity contribution in [3.63, 3.8) is 0 Å². The predicted molar refractivity (Wildman–Crippen MR) is 70.1 cm³/mol. The molecule has 0 aromatic carbocycles. The van der Waals surface area contributed by atoms with Crippen molar-refractivity contribution in [2.24, 2.45) is 0 Å². The maximum Gasteiger partial charge on any atom is 0.227 e. The number of rotatable bonds is 2. The van der Waals surface area contributed by atoms with Crippen LogP contribution in [0.2, 0.25) is 0 Å². The second kappa shape index (κ2) is 4.99. The van der Waals surface area contributed by atoms with Gasteiger partial charge in [0.25, 0.3) is 0 Å². The van der Waals surface area contributed by atoms with Gasteiger partial charge in [0.2, 0.25) is 5.95 Å². The van der Waals surface area contributed by atoms with Gasteiger partial charge in [-0.1, -0.05) is 0 Å². The lowest BCUT2D eigenvalue weighted by molar-refractivity contribution is 0.568. The Hall–Kier alpha value is -0.840. The molecule has 2 rings (SSSR count). The predicted octanol–water partition coefficient (Wildman–Crippen LogP) is 2.58. The Bertz CT molecular complexity index is 374. The molecular weight excluding hydrogens is 268 g/mol. The highest BCUT2D eigenvalue weighted by Crippen LogP contribution is 2.26. The SMILES string of the molecule is CNc1nc(N2CCCCC2)nc(C)c1Br. The van der Waals surface area contributed by atoms with Gasteiger partial charge in [0, 0.05) is 20.1 Å². The standard InChI is InChI=1S/C11H17BrN4/c1-8-9(12)10(13-2)15-11(14-8)16-6-4-3-5-7-16/h3-7H2,1-2H3,(H,13,14,15). The second-order valence-corrected chi connectivity index (χ2v) is 4.86. The molecule has 1 fully saturated rings. The molecule has 0 amide bonds. The fourth-order valence-corrected chi connectivity index (χ4v) is 2.32. The van der Waals surface area contributed by atoms with Crippen LogP contribution in [0.4, 0.5) is 11.8 Å². The van der Waals surface area contributed by atoms with Crippen LogP contribution < -0.4 is 10.2 Å². The summed E-state index contributed by atoms with van der Waals surface area (Å²) in [6.07, 6.45) is 3.81. The lowest BCUT2D eigenvalue weighted by Gasteiger charge is -2.27. The van der Waals surface area contributed by atoms with E-state index in [0.29, 0.717) is 0 Å². The van der Waals surface area contributed by atoms with Crippen molar-refractivity contribution in [2.45, 2.75) is 26.2 Å². The molecule has 1 saturated heterocycles. The van der Waals surface area contributed by atoms with E-state index >= 15 is 0 Å². The van der Waals surface area contributed by atoms with Gasteiger partial charge in [0.15, 0.2) is 0 Å². The van der Waals surface area contributed by atoms with Crippen LogP contribution in [-0.4, -0.2) is 30.1 Å². The number of nitrogens with one attached hydrogen (secondary N) is 1. The van der Waals surface area contributed by atoms with E-state index in [1.807, 2.05) is 14.0 Å². The lowest BCUT2D eigenvalue weighted by Crippen LogP contribution is -2.31. The molecule has 1 aromatic heterocycles. The molecule has 0 spiro atoms. The molecule has 1 N–H and O–H groups in total. The van der Waals surface area contributed by atoms with Gasteiger partial charge in [-0.25, -0.2) is 4.98 Å². The Morgan fingerprint density at radius 3 is 2.50 bits per heavy atom. The number of anilines is 2. The van der Waals surface area contributed by atoms with Crippen LogP contribution in [0, 0.1) is 6.92 Å². The highest BCUT2D eigenvalue weighted by Gasteiger charge is 2.16. The number of halogens is 1. The fraction of sp³-hybridized carbons (Fsp3) is 0.636. The molecule has 2 heterocycles. The third-order valence-corrected chi connectivity index (χ3v) is 3.83. The van der Waals surface area contributed by atoms with E-state index in [1.165, 1.54) is 19.3 Å². The quantitative estimate of drug-likeness (QED) is 0.906. The van der Waals surface area contributed by atoms with Crippen molar-refractivity contribution >= 4 is 27.7 Å². The summed E-state index contributed by atoms with van der Waals surface area (Å²) in [7, 11) is 1.88. The topological polar surface area (TPSA) is 41.1 Å². The molecule has 4 nitrogen and oxygen atoms in total. The van der Waals surface area contributed by atoms with Gasteiger partial charge in [-0.05, 0) is 42.1 Å². The first-order valence-electron chi connectivity index (χ1n) is 5.69. The first kappa shape index (κ1) is 11.6. The summed E-state index contributed by atoms with van der Waals surface area (Å²) in [6, 6.07) is 0. The third-order valence-electron chi connectivity index (χ3n) is 2.88. The third kappa shape index (κ3) is 2.29. The van der Waals surface area contributed by atoms with Gasteiger partial charge < -0.3 is 10.2 Å². The van der Waals surface area contributed by atoms with Crippen molar-refractivity contribution in [1.82, 2.24) is 9.97 Å². The molecule has 88 valence electrons. The van der Waals surface area contributed by atoms with Gasteiger partial charge in [0.05, 0.1) is 10.2 Å². The Balaban J connectivity index is 2.29. The van der Waals surface area contributed by atoms with Gasteiger partial charge in [-0.15, -0.1) is 0 Å². The molecule has 0 bridgehead atoms. The number of nitrogens with zero attached hydrogens (tertiary/aromatic N) is 3. The summed E-state index contributed by atoms with van der Waals surface area (Å²) in [5, 5.41) is 3.09. The first-order valence-corrected chi connectivity index (χ1v) is 6.48. The van der Waals surface area contributed by atoms with E-state index in [1.54, 1.807) is 0 Å². The summed E-state index contributed by atoms with van der Waals surface area (Å²) >= 11 is 3.49. The number of piperidine rings is 1. The zero-order chi connectivity index (χ0) is 11.5. The largest absolute Gasteiger partial charge is 0.372 e. The van der Waals surface area contributed by atoms with Crippen LogP contribution in [0.1, 0.15) is 25.0 Å². The van der Waals surface area contributed by atoms with Crippen molar-refractivity contribution < 1.29 is 0 Å². The van der Waals surface area contributed by atoms with E-state index in [4.69, 9.17) is 0 Å². The van der Waals surface area contributed by atoms with Gasteiger partial charge in [-0.2, -0.15) is 4.98 Å². The van der Waals surface area contributed by atoms with E-state index in [-0.39, 0.29) is 0 Å². The number of hydrogen-bond acceptors (Lipinski definition) is 4. The maximum atomic E-state index is 4.53.